The third kappa shape index (κ3) is 4.35. The van der Waals surface area contributed by atoms with Crippen molar-refractivity contribution in [2.45, 2.75) is 25.5 Å². The van der Waals surface area contributed by atoms with E-state index in [0.717, 1.165) is 5.56 Å². The molecule has 3 aromatic rings. The molecule has 0 heterocycles. The van der Waals surface area contributed by atoms with E-state index >= 15 is 0 Å². The summed E-state index contributed by atoms with van der Waals surface area (Å²) in [5, 5.41) is 0. The Labute approximate surface area is 176 Å². The summed E-state index contributed by atoms with van der Waals surface area (Å²) in [4.78, 5) is 12.7. The number of Topliss-reactive ketones (excluding diaryl/α,β-unsaturated/α-hetero) is 1. The van der Waals surface area contributed by atoms with Crippen LogP contribution in [0.3, 0.4) is 0 Å². The molecular formula is C24H24FNO3S. The highest BCUT2D eigenvalue weighted by Gasteiger charge is 2.36. The topological polar surface area (TPSA) is 63.2 Å². The predicted octanol–water partition coefficient (Wildman–Crippen LogP) is 4.84. The quantitative estimate of drug-likeness (QED) is 0.551. The molecule has 0 aromatic heterocycles. The number of nitrogens with one attached hydrogen (secondary N) is 1. The third-order valence-electron chi connectivity index (χ3n) is 5.23. The van der Waals surface area contributed by atoms with E-state index in [9.17, 15) is 17.6 Å². The van der Waals surface area contributed by atoms with Gasteiger partial charge in [0.05, 0.1) is 12.1 Å². The van der Waals surface area contributed by atoms with Gasteiger partial charge in [0.15, 0.2) is 5.78 Å². The monoisotopic (exact) mass is 425 g/mol. The second kappa shape index (κ2) is 8.50. The smallest absolute Gasteiger partial charge is 0.221 e. The molecule has 0 unspecified atom stereocenters. The van der Waals surface area contributed by atoms with Crippen molar-refractivity contribution >= 4 is 15.8 Å². The van der Waals surface area contributed by atoms with Crippen LogP contribution in [0.4, 0.5) is 4.39 Å². The fourth-order valence-corrected chi connectivity index (χ4v) is 4.33. The first-order chi connectivity index (χ1) is 14.1. The Morgan fingerprint density at radius 3 is 2.10 bits per heavy atom. The Bertz CT molecular complexity index is 1160. The lowest BCUT2D eigenvalue weighted by molar-refractivity contribution is 0.0993. The summed E-state index contributed by atoms with van der Waals surface area (Å²) < 4.78 is 41.5. The molecule has 4 nitrogen and oxygen atoms in total. The number of carbonyl (C=O) groups is 1. The Morgan fingerprint density at radius 2 is 1.50 bits per heavy atom. The number of carbonyl (C=O) groups excluding carboxylic acids is 1. The van der Waals surface area contributed by atoms with Gasteiger partial charge in [0, 0.05) is 0 Å². The van der Waals surface area contributed by atoms with Crippen molar-refractivity contribution < 1.29 is 17.6 Å². The van der Waals surface area contributed by atoms with E-state index in [0.29, 0.717) is 16.7 Å². The fourth-order valence-electron chi connectivity index (χ4n) is 3.20. The van der Waals surface area contributed by atoms with Gasteiger partial charge in [0.1, 0.15) is 10.6 Å². The maximum absolute atomic E-state index is 14.7. The van der Waals surface area contributed by atoms with Gasteiger partial charge in [-0.1, -0.05) is 60.7 Å². The molecule has 0 bridgehead atoms. The van der Waals surface area contributed by atoms with Crippen LogP contribution in [0.15, 0.2) is 72.8 Å². The molecule has 30 heavy (non-hydrogen) atoms. The summed E-state index contributed by atoms with van der Waals surface area (Å²) in [6, 6.07) is 21.2. The predicted molar refractivity (Wildman–Crippen MR) is 117 cm³/mol. The lowest BCUT2D eigenvalue weighted by Crippen LogP contribution is -2.42. The highest BCUT2D eigenvalue weighted by Crippen LogP contribution is 2.29. The number of benzene rings is 3. The summed E-state index contributed by atoms with van der Waals surface area (Å²) in [6.45, 7) is 4.19. The van der Waals surface area contributed by atoms with E-state index in [1.807, 2.05) is 30.3 Å². The molecule has 156 valence electrons. The van der Waals surface area contributed by atoms with Gasteiger partial charge in [0.2, 0.25) is 10.0 Å². The van der Waals surface area contributed by atoms with Crippen molar-refractivity contribution in [2.75, 3.05) is 6.54 Å². The molecule has 0 aliphatic carbocycles. The van der Waals surface area contributed by atoms with E-state index in [1.54, 1.807) is 57.2 Å². The summed E-state index contributed by atoms with van der Waals surface area (Å²) >= 11 is 0. The zero-order valence-electron chi connectivity index (χ0n) is 17.1. The molecule has 3 rings (SSSR count). The molecule has 0 atom stereocenters. The zero-order chi connectivity index (χ0) is 21.9. The van der Waals surface area contributed by atoms with Crippen LogP contribution in [0.25, 0.3) is 11.1 Å². The van der Waals surface area contributed by atoms with Gasteiger partial charge < -0.3 is 0 Å². The molecule has 6 heteroatoms. The standard InChI is InChI=1S/C24H24FNO3S/c1-17-14-19(18-10-6-4-7-11-18)15-21(23(17)25)22(27)16-26-30(28,29)24(2,3)20-12-8-5-9-13-20/h4-15,26H,16H2,1-3H3. The number of hydrogen-bond donors (Lipinski definition) is 1. The van der Waals surface area contributed by atoms with Gasteiger partial charge in [-0.2, -0.15) is 0 Å². The molecule has 3 aromatic carbocycles. The normalized spacial score (nSPS) is 12.0. The van der Waals surface area contributed by atoms with Crippen molar-refractivity contribution in [1.29, 1.82) is 0 Å². The van der Waals surface area contributed by atoms with Crippen LogP contribution in [-0.4, -0.2) is 20.7 Å². The molecule has 0 aliphatic rings. The fraction of sp³-hybridized carbons (Fsp3) is 0.208. The second-order valence-corrected chi connectivity index (χ2v) is 9.96. The first-order valence-electron chi connectivity index (χ1n) is 9.57. The van der Waals surface area contributed by atoms with Crippen molar-refractivity contribution in [1.82, 2.24) is 4.72 Å². The van der Waals surface area contributed by atoms with Crippen molar-refractivity contribution in [3.8, 4) is 11.1 Å². The minimum atomic E-state index is -3.89. The lowest BCUT2D eigenvalue weighted by atomic mass is 9.98. The second-order valence-electron chi connectivity index (χ2n) is 7.64. The number of aryl methyl sites for hydroxylation is 1. The summed E-state index contributed by atoms with van der Waals surface area (Å²) in [5.41, 5.74) is 2.34. The van der Waals surface area contributed by atoms with Crippen LogP contribution >= 0.6 is 0 Å². The van der Waals surface area contributed by atoms with Crippen molar-refractivity contribution in [3.05, 3.63) is 95.3 Å². The highest BCUT2D eigenvalue weighted by atomic mass is 32.2. The van der Waals surface area contributed by atoms with Gasteiger partial charge in [-0.3, -0.25) is 4.79 Å². The zero-order valence-corrected chi connectivity index (χ0v) is 18.0. The minimum Gasteiger partial charge on any atom is -0.293 e. The van der Waals surface area contributed by atoms with E-state index in [4.69, 9.17) is 0 Å². The van der Waals surface area contributed by atoms with E-state index in [1.165, 1.54) is 6.07 Å². The Morgan fingerprint density at radius 1 is 0.933 bits per heavy atom. The highest BCUT2D eigenvalue weighted by molar-refractivity contribution is 7.90. The first kappa shape index (κ1) is 21.9. The Balaban J connectivity index is 1.85. The van der Waals surface area contributed by atoms with Gasteiger partial charge >= 0.3 is 0 Å². The Hall–Kier alpha value is -2.83. The number of rotatable bonds is 7. The SMILES string of the molecule is Cc1cc(-c2ccccc2)cc(C(=O)CNS(=O)(=O)C(C)(C)c2ccccc2)c1F. The van der Waals surface area contributed by atoms with Crippen LogP contribution in [0.1, 0.15) is 35.3 Å². The number of ketones is 1. The van der Waals surface area contributed by atoms with Crippen LogP contribution in [-0.2, 0) is 14.8 Å². The van der Waals surface area contributed by atoms with E-state index < -0.39 is 32.9 Å². The summed E-state index contributed by atoms with van der Waals surface area (Å²) in [7, 11) is -3.89. The summed E-state index contributed by atoms with van der Waals surface area (Å²) in [6.07, 6.45) is 0. The van der Waals surface area contributed by atoms with Gasteiger partial charge in [-0.05, 0) is 55.2 Å². The van der Waals surface area contributed by atoms with Crippen molar-refractivity contribution in [3.63, 3.8) is 0 Å². The average molecular weight is 426 g/mol. The Kier molecular flexibility index (Phi) is 6.19. The maximum atomic E-state index is 14.7. The third-order valence-corrected chi connectivity index (χ3v) is 7.33. The van der Waals surface area contributed by atoms with Gasteiger partial charge in [-0.15, -0.1) is 0 Å². The maximum Gasteiger partial charge on any atom is 0.221 e. The van der Waals surface area contributed by atoms with Crippen LogP contribution in [0, 0.1) is 12.7 Å². The van der Waals surface area contributed by atoms with E-state index in [-0.39, 0.29) is 5.56 Å². The lowest BCUT2D eigenvalue weighted by Gasteiger charge is -2.25. The van der Waals surface area contributed by atoms with E-state index in [2.05, 4.69) is 4.72 Å². The molecule has 0 saturated carbocycles. The molecule has 0 amide bonds. The average Bonchev–Trinajstić information content (AvgIpc) is 2.75. The van der Waals surface area contributed by atoms with Crippen molar-refractivity contribution in [2.24, 2.45) is 0 Å². The molecular weight excluding hydrogens is 401 g/mol. The number of hydrogen-bond acceptors (Lipinski definition) is 3. The minimum absolute atomic E-state index is 0.130. The molecule has 0 spiro atoms. The molecule has 0 fully saturated rings. The van der Waals surface area contributed by atoms with Gasteiger partial charge in [0.25, 0.3) is 0 Å². The largest absolute Gasteiger partial charge is 0.293 e. The van der Waals surface area contributed by atoms with Gasteiger partial charge in [-0.25, -0.2) is 17.5 Å². The molecule has 0 saturated heterocycles. The first-order valence-corrected chi connectivity index (χ1v) is 11.1. The molecule has 0 aliphatic heterocycles. The summed E-state index contributed by atoms with van der Waals surface area (Å²) in [5.74, 6) is -1.26. The molecule has 1 N–H and O–H groups in total. The van der Waals surface area contributed by atoms with Crippen LogP contribution in [0.2, 0.25) is 0 Å². The molecule has 0 radical (unpaired) electrons. The number of halogens is 1. The van der Waals surface area contributed by atoms with Crippen LogP contribution in [0.5, 0.6) is 0 Å². The van der Waals surface area contributed by atoms with Crippen LogP contribution < -0.4 is 4.72 Å². The number of sulfonamides is 1.